The van der Waals surface area contributed by atoms with Gasteiger partial charge >= 0.3 is 29.6 Å². The van der Waals surface area contributed by atoms with Crippen molar-refractivity contribution in [1.82, 2.24) is 4.98 Å². The first-order valence-electron chi connectivity index (χ1n) is 2.92. The molecule has 0 radical (unpaired) electrons. The summed E-state index contributed by atoms with van der Waals surface area (Å²) in [6.07, 6.45) is 1.42. The van der Waals surface area contributed by atoms with Gasteiger partial charge in [-0.3, -0.25) is 0 Å². The Balaban J connectivity index is 0.00000121. The third-order valence-corrected chi connectivity index (χ3v) is 1.95. The van der Waals surface area contributed by atoms with E-state index in [1.165, 1.54) is 12.3 Å². The molecule has 0 spiro atoms. The van der Waals surface area contributed by atoms with Crippen molar-refractivity contribution in [3.05, 3.63) is 29.0 Å². The molecule has 1 N–H and O–H groups in total. The smallest absolute Gasteiger partial charge is 0.558 e. The average Bonchev–Trinajstić information content (AvgIpc) is 1.86. The number of hydrogen-bond donors (Lipinski definition) is 0. The average molecular weight is 194 g/mol. The van der Waals surface area contributed by atoms with Crippen molar-refractivity contribution in [1.29, 1.82) is 0 Å². The first kappa shape index (κ1) is 12.1. The molecule has 0 aliphatic carbocycles. The van der Waals surface area contributed by atoms with E-state index in [-0.39, 0.29) is 34.6 Å². The molecule has 0 aliphatic rings. The SMILES string of the molecule is Cc1ccc(S([NH-])(=O)=O)nc1.[Na+]. The molecule has 0 fully saturated rings. The number of aryl methyl sites for hydroxylation is 1. The maximum atomic E-state index is 10.5. The zero-order chi connectivity index (χ0) is 8.48. The van der Waals surface area contributed by atoms with Crippen molar-refractivity contribution in [2.24, 2.45) is 0 Å². The minimum atomic E-state index is -3.88. The minimum absolute atomic E-state index is 0. The van der Waals surface area contributed by atoms with E-state index in [9.17, 15) is 8.42 Å². The van der Waals surface area contributed by atoms with Gasteiger partial charge in [-0.15, -0.1) is 0 Å². The largest absolute Gasteiger partial charge is 1.00 e. The molecule has 4 nitrogen and oxygen atoms in total. The van der Waals surface area contributed by atoms with Crippen LogP contribution in [0.15, 0.2) is 23.4 Å². The van der Waals surface area contributed by atoms with E-state index in [0.29, 0.717) is 0 Å². The molecule has 1 rings (SSSR count). The molecule has 0 atom stereocenters. The second-order valence-electron chi connectivity index (χ2n) is 2.18. The van der Waals surface area contributed by atoms with Crippen molar-refractivity contribution < 1.29 is 38.0 Å². The van der Waals surface area contributed by atoms with Gasteiger partial charge in [0.25, 0.3) is 0 Å². The number of sulfonamides is 1. The maximum absolute atomic E-state index is 10.5. The summed E-state index contributed by atoms with van der Waals surface area (Å²) in [4.78, 5) is 3.57. The molecule has 6 heteroatoms. The molecular formula is C6H7N2NaO2S. The van der Waals surface area contributed by atoms with Gasteiger partial charge in [0.05, 0.1) is 0 Å². The second kappa shape index (κ2) is 4.34. The molecule has 1 aromatic heterocycles. The molecule has 0 aliphatic heterocycles. The van der Waals surface area contributed by atoms with Crippen molar-refractivity contribution in [2.75, 3.05) is 0 Å². The van der Waals surface area contributed by atoms with E-state index in [0.717, 1.165) is 5.56 Å². The molecule has 0 bridgehead atoms. The number of pyridine rings is 1. The Hall–Kier alpha value is 0.0600. The van der Waals surface area contributed by atoms with E-state index in [1.807, 2.05) is 0 Å². The predicted molar refractivity (Wildman–Crippen MR) is 40.5 cm³/mol. The van der Waals surface area contributed by atoms with Crippen LogP contribution in [-0.4, -0.2) is 13.4 Å². The van der Waals surface area contributed by atoms with Crippen LogP contribution in [0.5, 0.6) is 0 Å². The Morgan fingerprint density at radius 1 is 1.42 bits per heavy atom. The normalized spacial score (nSPS) is 10.5. The molecule has 12 heavy (non-hydrogen) atoms. The van der Waals surface area contributed by atoms with Crippen molar-refractivity contribution in [3.63, 3.8) is 0 Å². The van der Waals surface area contributed by atoms with Crippen LogP contribution in [0.1, 0.15) is 5.56 Å². The van der Waals surface area contributed by atoms with Gasteiger partial charge < -0.3 is 5.14 Å². The van der Waals surface area contributed by atoms with Crippen molar-refractivity contribution in [2.45, 2.75) is 11.9 Å². The van der Waals surface area contributed by atoms with Crippen LogP contribution in [0.25, 0.3) is 5.14 Å². The van der Waals surface area contributed by atoms with Crippen LogP contribution >= 0.6 is 0 Å². The van der Waals surface area contributed by atoms with Crippen LogP contribution in [0.2, 0.25) is 0 Å². The fourth-order valence-corrected chi connectivity index (χ4v) is 1.05. The van der Waals surface area contributed by atoms with Gasteiger partial charge in [-0.05, 0) is 18.6 Å². The number of rotatable bonds is 1. The van der Waals surface area contributed by atoms with Crippen LogP contribution < -0.4 is 29.6 Å². The standard InChI is InChI=1S/C6H7N2O2S.Na/c1-5-2-3-6(8-4-5)11(7,9)10;/h2-4H,1H3,(H-,7,9,10);/q-1;+1. The zero-order valence-electron chi connectivity index (χ0n) is 6.90. The Labute approximate surface area is 93.5 Å². The first-order valence-corrected chi connectivity index (χ1v) is 4.41. The summed E-state index contributed by atoms with van der Waals surface area (Å²) in [6, 6.07) is 2.92. The Morgan fingerprint density at radius 3 is 2.33 bits per heavy atom. The van der Waals surface area contributed by atoms with Gasteiger partial charge in [-0.1, -0.05) is 6.07 Å². The molecular weight excluding hydrogens is 187 g/mol. The molecule has 0 amide bonds. The quantitative estimate of drug-likeness (QED) is 0.492. The number of nitrogens with zero attached hydrogens (tertiary/aromatic N) is 1. The topological polar surface area (TPSA) is 70.8 Å². The molecule has 1 heterocycles. The monoisotopic (exact) mass is 194 g/mol. The molecule has 0 saturated carbocycles. The van der Waals surface area contributed by atoms with E-state index in [1.54, 1.807) is 13.0 Å². The van der Waals surface area contributed by atoms with Crippen molar-refractivity contribution >= 4 is 10.0 Å². The summed E-state index contributed by atoms with van der Waals surface area (Å²) >= 11 is 0. The van der Waals surface area contributed by atoms with E-state index < -0.39 is 10.0 Å². The van der Waals surface area contributed by atoms with Crippen LogP contribution in [0, 0.1) is 6.92 Å². The van der Waals surface area contributed by atoms with Gasteiger partial charge in [0.15, 0.2) is 0 Å². The van der Waals surface area contributed by atoms with E-state index in [4.69, 9.17) is 5.14 Å². The summed E-state index contributed by atoms with van der Waals surface area (Å²) in [5, 5.41) is 6.45. The van der Waals surface area contributed by atoms with E-state index in [2.05, 4.69) is 4.98 Å². The molecule has 60 valence electrons. The molecule has 0 aromatic carbocycles. The van der Waals surface area contributed by atoms with Crippen LogP contribution in [0.4, 0.5) is 0 Å². The zero-order valence-corrected chi connectivity index (χ0v) is 9.72. The summed E-state index contributed by atoms with van der Waals surface area (Å²) in [7, 11) is -3.88. The number of hydrogen-bond acceptors (Lipinski definition) is 3. The van der Waals surface area contributed by atoms with Gasteiger partial charge in [-0.2, -0.15) is 0 Å². The number of nitrogens with one attached hydrogen (secondary N) is 1. The van der Waals surface area contributed by atoms with Crippen molar-refractivity contribution in [3.8, 4) is 0 Å². The molecule has 0 unspecified atom stereocenters. The molecule has 0 saturated heterocycles. The third kappa shape index (κ3) is 3.20. The van der Waals surface area contributed by atoms with Gasteiger partial charge in [-0.25, -0.2) is 13.4 Å². The fourth-order valence-electron chi connectivity index (χ4n) is 0.613. The van der Waals surface area contributed by atoms with Crippen LogP contribution in [-0.2, 0) is 10.0 Å². The van der Waals surface area contributed by atoms with Gasteiger partial charge in [0.2, 0.25) is 0 Å². The van der Waals surface area contributed by atoms with E-state index >= 15 is 0 Å². The first-order chi connectivity index (χ1) is 5.00. The summed E-state index contributed by atoms with van der Waals surface area (Å²) in [5.41, 5.74) is 0.873. The Morgan fingerprint density at radius 2 is 2.00 bits per heavy atom. The van der Waals surface area contributed by atoms with Gasteiger partial charge in [0.1, 0.15) is 15.0 Å². The summed E-state index contributed by atoms with van der Waals surface area (Å²) < 4.78 is 21.1. The van der Waals surface area contributed by atoms with Gasteiger partial charge in [0, 0.05) is 6.20 Å². The Kier molecular flexibility index (Phi) is 4.36. The Bertz CT molecular complexity index is 346. The minimum Gasteiger partial charge on any atom is -0.558 e. The third-order valence-electron chi connectivity index (χ3n) is 1.16. The second-order valence-corrected chi connectivity index (χ2v) is 3.60. The van der Waals surface area contributed by atoms with Crippen LogP contribution in [0.3, 0.4) is 0 Å². The summed E-state index contributed by atoms with van der Waals surface area (Å²) in [6.45, 7) is 1.80. The predicted octanol–water partition coefficient (Wildman–Crippen LogP) is -1.87. The molecule has 1 aromatic rings. The fraction of sp³-hybridized carbons (Fsp3) is 0.167. The maximum Gasteiger partial charge on any atom is 1.00 e. The number of aromatic nitrogens is 1. The summed E-state index contributed by atoms with van der Waals surface area (Å²) in [5.74, 6) is 0.